The third-order valence-corrected chi connectivity index (χ3v) is 4.19. The first-order valence-electron chi connectivity index (χ1n) is 7.47. The van der Waals surface area contributed by atoms with Gasteiger partial charge in [-0.25, -0.2) is 0 Å². The molecule has 0 amide bonds. The van der Waals surface area contributed by atoms with Crippen LogP contribution in [0.4, 0.5) is 0 Å². The van der Waals surface area contributed by atoms with E-state index in [1.165, 1.54) is 6.92 Å². The van der Waals surface area contributed by atoms with Crippen LogP contribution in [0.2, 0.25) is 5.02 Å². The van der Waals surface area contributed by atoms with Gasteiger partial charge in [0, 0.05) is 22.5 Å². The standard InChI is InChI=1S/C19H16ClNO2/c1-3-21-16-10-9-14(20)11-15(16)18(13-7-5-4-6-8-13)17(12(2)22)19(21)23/h4-11H,3H2,1-2H3. The van der Waals surface area contributed by atoms with Crippen LogP contribution < -0.4 is 5.56 Å². The summed E-state index contributed by atoms with van der Waals surface area (Å²) in [5.74, 6) is -0.238. The fourth-order valence-electron chi connectivity index (χ4n) is 2.98. The third-order valence-electron chi connectivity index (χ3n) is 3.96. The molecule has 0 aliphatic carbocycles. The molecular formula is C19H16ClNO2. The molecule has 0 saturated heterocycles. The van der Waals surface area contributed by atoms with Crippen LogP contribution in [0.15, 0.2) is 53.3 Å². The van der Waals surface area contributed by atoms with Gasteiger partial charge < -0.3 is 4.57 Å². The Balaban J connectivity index is 2.59. The molecule has 3 nitrogen and oxygen atoms in total. The van der Waals surface area contributed by atoms with Crippen molar-refractivity contribution in [1.82, 2.24) is 4.57 Å². The van der Waals surface area contributed by atoms with Crippen molar-refractivity contribution in [3.05, 3.63) is 69.5 Å². The van der Waals surface area contributed by atoms with Gasteiger partial charge in [-0.2, -0.15) is 0 Å². The van der Waals surface area contributed by atoms with Crippen LogP contribution in [-0.4, -0.2) is 10.4 Å². The molecule has 0 N–H and O–H groups in total. The minimum absolute atomic E-state index is 0.216. The van der Waals surface area contributed by atoms with E-state index in [9.17, 15) is 9.59 Å². The summed E-state index contributed by atoms with van der Waals surface area (Å²) in [4.78, 5) is 25.1. The lowest BCUT2D eigenvalue weighted by molar-refractivity contribution is 0.101. The zero-order chi connectivity index (χ0) is 16.6. The predicted molar refractivity (Wildman–Crippen MR) is 94.3 cm³/mol. The zero-order valence-electron chi connectivity index (χ0n) is 13.0. The molecule has 0 radical (unpaired) electrons. The Morgan fingerprint density at radius 1 is 1.13 bits per heavy atom. The van der Waals surface area contributed by atoms with Gasteiger partial charge in [-0.1, -0.05) is 41.9 Å². The topological polar surface area (TPSA) is 39.1 Å². The number of aromatic nitrogens is 1. The van der Waals surface area contributed by atoms with Crippen molar-refractivity contribution in [2.24, 2.45) is 0 Å². The molecule has 3 rings (SSSR count). The number of aryl methyl sites for hydroxylation is 1. The molecule has 0 fully saturated rings. The monoisotopic (exact) mass is 325 g/mol. The Morgan fingerprint density at radius 3 is 2.43 bits per heavy atom. The number of Topliss-reactive ketones (excluding diaryl/α,β-unsaturated/α-hetero) is 1. The van der Waals surface area contributed by atoms with Gasteiger partial charge in [0.1, 0.15) is 0 Å². The summed E-state index contributed by atoms with van der Waals surface area (Å²) < 4.78 is 1.62. The maximum absolute atomic E-state index is 12.8. The highest BCUT2D eigenvalue weighted by atomic mass is 35.5. The van der Waals surface area contributed by atoms with E-state index in [4.69, 9.17) is 11.6 Å². The van der Waals surface area contributed by atoms with Gasteiger partial charge in [-0.05, 0) is 37.6 Å². The first kappa shape index (κ1) is 15.5. The number of rotatable bonds is 3. The minimum Gasteiger partial charge on any atom is -0.308 e. The van der Waals surface area contributed by atoms with Crippen LogP contribution >= 0.6 is 11.6 Å². The maximum Gasteiger partial charge on any atom is 0.262 e. The van der Waals surface area contributed by atoms with Crippen LogP contribution in [-0.2, 0) is 6.54 Å². The number of halogens is 1. The quantitative estimate of drug-likeness (QED) is 0.663. The van der Waals surface area contributed by atoms with Gasteiger partial charge in [0.25, 0.3) is 5.56 Å². The number of carbonyl (C=O) groups excluding carboxylic acids is 1. The average molecular weight is 326 g/mol. The second-order valence-electron chi connectivity index (χ2n) is 5.38. The second kappa shape index (κ2) is 6.01. The fourth-order valence-corrected chi connectivity index (χ4v) is 3.15. The van der Waals surface area contributed by atoms with E-state index in [2.05, 4.69) is 0 Å². The van der Waals surface area contributed by atoms with Crippen LogP contribution in [0.1, 0.15) is 24.2 Å². The van der Waals surface area contributed by atoms with E-state index in [0.29, 0.717) is 17.1 Å². The minimum atomic E-state index is -0.256. The number of nitrogens with zero attached hydrogens (tertiary/aromatic N) is 1. The normalized spacial score (nSPS) is 10.9. The molecule has 1 heterocycles. The predicted octanol–water partition coefficient (Wildman–Crippen LogP) is 4.54. The van der Waals surface area contributed by atoms with E-state index in [1.807, 2.05) is 49.4 Å². The van der Waals surface area contributed by atoms with Crippen LogP contribution in [0.3, 0.4) is 0 Å². The van der Waals surface area contributed by atoms with Gasteiger partial charge in [0.15, 0.2) is 5.78 Å². The third kappa shape index (κ3) is 2.57. The number of fused-ring (bicyclic) bond motifs is 1. The fraction of sp³-hybridized carbons (Fsp3) is 0.158. The molecule has 0 aliphatic rings. The summed E-state index contributed by atoms with van der Waals surface area (Å²) in [5, 5.41) is 1.39. The molecule has 2 aromatic carbocycles. The summed E-state index contributed by atoms with van der Waals surface area (Å²) in [6.45, 7) is 3.81. The highest BCUT2D eigenvalue weighted by molar-refractivity contribution is 6.31. The largest absolute Gasteiger partial charge is 0.308 e. The van der Waals surface area contributed by atoms with Crippen LogP contribution in [0, 0.1) is 0 Å². The van der Waals surface area contributed by atoms with Crippen LogP contribution in [0.25, 0.3) is 22.0 Å². The lowest BCUT2D eigenvalue weighted by atomic mass is 9.94. The lowest BCUT2D eigenvalue weighted by Gasteiger charge is -2.16. The van der Waals surface area contributed by atoms with Crippen molar-refractivity contribution in [2.75, 3.05) is 0 Å². The van der Waals surface area contributed by atoms with E-state index in [0.717, 1.165) is 16.5 Å². The molecular weight excluding hydrogens is 310 g/mol. The summed E-state index contributed by atoms with van der Waals surface area (Å²) in [6, 6.07) is 14.9. The van der Waals surface area contributed by atoms with Crippen molar-refractivity contribution < 1.29 is 4.79 Å². The molecule has 23 heavy (non-hydrogen) atoms. The number of hydrogen-bond acceptors (Lipinski definition) is 2. The van der Waals surface area contributed by atoms with Gasteiger partial charge >= 0.3 is 0 Å². The van der Waals surface area contributed by atoms with Crippen molar-refractivity contribution in [3.8, 4) is 11.1 Å². The molecule has 1 aromatic heterocycles. The van der Waals surface area contributed by atoms with Gasteiger partial charge in [-0.3, -0.25) is 9.59 Å². The van der Waals surface area contributed by atoms with E-state index < -0.39 is 0 Å². The lowest BCUT2D eigenvalue weighted by Crippen LogP contribution is -2.26. The second-order valence-corrected chi connectivity index (χ2v) is 5.82. The van der Waals surface area contributed by atoms with Crippen molar-refractivity contribution >= 4 is 28.3 Å². The molecule has 4 heteroatoms. The number of benzene rings is 2. The smallest absolute Gasteiger partial charge is 0.262 e. The summed E-state index contributed by atoms with van der Waals surface area (Å²) in [5.41, 5.74) is 2.24. The Kier molecular flexibility index (Phi) is 4.05. The van der Waals surface area contributed by atoms with E-state index in [-0.39, 0.29) is 16.9 Å². The van der Waals surface area contributed by atoms with Gasteiger partial charge in [0.05, 0.1) is 11.1 Å². The van der Waals surface area contributed by atoms with Gasteiger partial charge in [0.2, 0.25) is 0 Å². The number of hydrogen-bond donors (Lipinski definition) is 0. The SMILES string of the molecule is CCn1c(=O)c(C(C)=O)c(-c2ccccc2)c2cc(Cl)ccc21. The number of pyridine rings is 1. The summed E-state index contributed by atoms with van der Waals surface area (Å²) >= 11 is 6.17. The van der Waals surface area contributed by atoms with E-state index in [1.54, 1.807) is 10.6 Å². The Labute approximate surface area is 139 Å². The highest BCUT2D eigenvalue weighted by Gasteiger charge is 2.20. The van der Waals surface area contributed by atoms with Crippen molar-refractivity contribution in [2.45, 2.75) is 20.4 Å². The molecule has 0 spiro atoms. The zero-order valence-corrected chi connectivity index (χ0v) is 13.7. The van der Waals surface area contributed by atoms with Gasteiger partial charge in [-0.15, -0.1) is 0 Å². The first-order chi connectivity index (χ1) is 11.0. The van der Waals surface area contributed by atoms with Crippen molar-refractivity contribution in [3.63, 3.8) is 0 Å². The number of ketones is 1. The number of carbonyl (C=O) groups is 1. The average Bonchev–Trinajstić information content (AvgIpc) is 2.54. The first-order valence-corrected chi connectivity index (χ1v) is 7.84. The molecule has 0 atom stereocenters. The molecule has 0 bridgehead atoms. The molecule has 0 aliphatic heterocycles. The molecule has 0 unspecified atom stereocenters. The molecule has 3 aromatic rings. The van der Waals surface area contributed by atoms with E-state index >= 15 is 0 Å². The van der Waals surface area contributed by atoms with Crippen LogP contribution in [0.5, 0.6) is 0 Å². The van der Waals surface area contributed by atoms with Crippen molar-refractivity contribution in [1.29, 1.82) is 0 Å². The Morgan fingerprint density at radius 2 is 1.83 bits per heavy atom. The summed E-state index contributed by atoms with van der Waals surface area (Å²) in [6.07, 6.45) is 0. The summed E-state index contributed by atoms with van der Waals surface area (Å²) in [7, 11) is 0. The maximum atomic E-state index is 12.8. The highest BCUT2D eigenvalue weighted by Crippen LogP contribution is 2.32. The molecule has 116 valence electrons. The Bertz CT molecular complexity index is 959. The molecule has 0 saturated carbocycles. The Hall–Kier alpha value is -2.39.